The maximum absolute atomic E-state index is 13.5. The van der Waals surface area contributed by atoms with Gasteiger partial charge in [0, 0.05) is 17.7 Å². The van der Waals surface area contributed by atoms with Gasteiger partial charge in [-0.05, 0) is 42.8 Å². The van der Waals surface area contributed by atoms with Crippen LogP contribution in [0.3, 0.4) is 0 Å². The number of carbonyl (C=O) groups excluding carboxylic acids is 3. The van der Waals surface area contributed by atoms with Gasteiger partial charge in [0.2, 0.25) is 0 Å². The number of aliphatic hydroxyl groups is 1. The zero-order valence-electron chi connectivity index (χ0n) is 18.3. The van der Waals surface area contributed by atoms with Crippen LogP contribution in [0, 0.1) is 0 Å². The second-order valence-electron chi connectivity index (χ2n) is 7.53. The smallest absolute Gasteiger partial charge is 0.337 e. The number of allylic oxidation sites excluding steroid dienone is 1. The van der Waals surface area contributed by atoms with Crippen molar-refractivity contribution in [3.8, 4) is 5.75 Å². The Morgan fingerprint density at radius 2 is 1.79 bits per heavy atom. The molecule has 0 radical (unpaired) electrons. The third kappa shape index (κ3) is 4.05. The SMILES string of the molecule is CCOC(=O)C1=CCC(N2C(=O)C(O)=C(C(=O)c3ccc(OC)cc3)C2c2ccccc2)=C1. The van der Waals surface area contributed by atoms with E-state index in [1.54, 1.807) is 67.6 Å². The van der Waals surface area contributed by atoms with Crippen LogP contribution in [0.15, 0.2) is 89.4 Å². The minimum Gasteiger partial charge on any atom is -0.503 e. The average molecular weight is 445 g/mol. The number of nitrogens with zero attached hydrogens (tertiary/aromatic N) is 1. The van der Waals surface area contributed by atoms with Gasteiger partial charge in [-0.3, -0.25) is 14.5 Å². The number of hydrogen-bond donors (Lipinski definition) is 1. The Labute approximate surface area is 191 Å². The highest BCUT2D eigenvalue weighted by molar-refractivity contribution is 6.16. The lowest BCUT2D eigenvalue weighted by Crippen LogP contribution is -2.30. The van der Waals surface area contributed by atoms with E-state index in [0.29, 0.717) is 34.6 Å². The van der Waals surface area contributed by atoms with Gasteiger partial charge in [0.1, 0.15) is 5.75 Å². The lowest BCUT2D eigenvalue weighted by Gasteiger charge is -2.28. The Kier molecular flexibility index (Phi) is 6.13. The molecule has 7 nitrogen and oxygen atoms in total. The Morgan fingerprint density at radius 3 is 2.42 bits per heavy atom. The molecule has 0 bridgehead atoms. The fourth-order valence-corrected chi connectivity index (χ4v) is 4.02. The molecular weight excluding hydrogens is 422 g/mol. The van der Waals surface area contributed by atoms with Crippen LogP contribution in [-0.4, -0.2) is 41.4 Å². The summed E-state index contributed by atoms with van der Waals surface area (Å²) in [5, 5.41) is 10.8. The molecule has 1 aliphatic heterocycles. The van der Waals surface area contributed by atoms with Gasteiger partial charge < -0.3 is 14.6 Å². The molecule has 1 N–H and O–H groups in total. The van der Waals surface area contributed by atoms with Gasteiger partial charge in [0.05, 0.1) is 30.9 Å². The molecular formula is C26H23NO6. The summed E-state index contributed by atoms with van der Waals surface area (Å²) in [5.41, 5.74) is 1.81. The molecule has 2 aromatic carbocycles. The van der Waals surface area contributed by atoms with E-state index in [9.17, 15) is 19.5 Å². The summed E-state index contributed by atoms with van der Waals surface area (Å²) in [4.78, 5) is 40.2. The molecule has 1 heterocycles. The number of esters is 1. The molecule has 7 heteroatoms. The maximum atomic E-state index is 13.5. The van der Waals surface area contributed by atoms with E-state index in [4.69, 9.17) is 9.47 Å². The predicted molar refractivity (Wildman–Crippen MR) is 120 cm³/mol. The van der Waals surface area contributed by atoms with Gasteiger partial charge in [0.25, 0.3) is 5.91 Å². The molecule has 168 valence electrons. The van der Waals surface area contributed by atoms with Crippen molar-refractivity contribution in [2.24, 2.45) is 0 Å². The largest absolute Gasteiger partial charge is 0.503 e. The number of ether oxygens (including phenoxy) is 2. The number of Topliss-reactive ketones (excluding diaryl/α,β-unsaturated/α-hetero) is 1. The van der Waals surface area contributed by atoms with E-state index in [1.807, 2.05) is 6.07 Å². The number of aliphatic hydroxyl groups excluding tert-OH is 1. The number of amides is 1. The summed E-state index contributed by atoms with van der Waals surface area (Å²) >= 11 is 0. The Morgan fingerprint density at radius 1 is 1.09 bits per heavy atom. The number of rotatable bonds is 7. The third-order valence-corrected chi connectivity index (χ3v) is 5.59. The van der Waals surface area contributed by atoms with Crippen LogP contribution in [-0.2, 0) is 14.3 Å². The Hall–Kier alpha value is -4.13. The summed E-state index contributed by atoms with van der Waals surface area (Å²) in [6.45, 7) is 1.95. The molecule has 1 atom stereocenters. The van der Waals surface area contributed by atoms with Crippen molar-refractivity contribution >= 4 is 17.7 Å². The van der Waals surface area contributed by atoms with Gasteiger partial charge in [0.15, 0.2) is 11.5 Å². The first-order valence-electron chi connectivity index (χ1n) is 10.5. The Balaban J connectivity index is 1.75. The van der Waals surface area contributed by atoms with E-state index < -0.39 is 29.5 Å². The van der Waals surface area contributed by atoms with E-state index in [0.717, 1.165) is 0 Å². The minimum absolute atomic E-state index is 0.0122. The van der Waals surface area contributed by atoms with Crippen molar-refractivity contribution in [1.82, 2.24) is 4.90 Å². The average Bonchev–Trinajstić information content (AvgIpc) is 3.43. The fraction of sp³-hybridized carbons (Fsp3) is 0.192. The third-order valence-electron chi connectivity index (χ3n) is 5.59. The van der Waals surface area contributed by atoms with Crippen molar-refractivity contribution in [2.45, 2.75) is 19.4 Å². The highest BCUT2D eigenvalue weighted by Gasteiger charge is 2.45. The molecule has 0 saturated carbocycles. The molecule has 33 heavy (non-hydrogen) atoms. The number of ketones is 1. The minimum atomic E-state index is -0.838. The molecule has 1 aliphatic carbocycles. The molecule has 0 spiro atoms. The van der Waals surface area contributed by atoms with Crippen molar-refractivity contribution < 1.29 is 29.0 Å². The van der Waals surface area contributed by atoms with Crippen LogP contribution in [0.5, 0.6) is 5.75 Å². The van der Waals surface area contributed by atoms with Crippen molar-refractivity contribution in [3.63, 3.8) is 0 Å². The Bertz CT molecular complexity index is 1190. The van der Waals surface area contributed by atoms with Gasteiger partial charge in [-0.15, -0.1) is 0 Å². The summed E-state index contributed by atoms with van der Waals surface area (Å²) in [6.07, 6.45) is 3.53. The number of benzene rings is 2. The standard InChI is InChI=1S/C26H23NO6/c1-3-33-26(31)18-9-12-19(15-18)27-22(16-7-5-4-6-8-16)21(24(29)25(27)30)23(28)17-10-13-20(32-2)14-11-17/h4-11,13-15,22,29H,3,12H2,1-2H3. The summed E-state index contributed by atoms with van der Waals surface area (Å²) < 4.78 is 10.2. The molecule has 0 aromatic heterocycles. The van der Waals surface area contributed by atoms with Crippen LogP contribution in [0.4, 0.5) is 0 Å². The van der Waals surface area contributed by atoms with Gasteiger partial charge in [-0.2, -0.15) is 0 Å². The molecule has 4 rings (SSSR count). The lowest BCUT2D eigenvalue weighted by atomic mass is 9.92. The molecule has 2 aromatic rings. The van der Waals surface area contributed by atoms with E-state index >= 15 is 0 Å². The monoisotopic (exact) mass is 445 g/mol. The van der Waals surface area contributed by atoms with Crippen LogP contribution in [0.2, 0.25) is 0 Å². The van der Waals surface area contributed by atoms with Gasteiger partial charge >= 0.3 is 5.97 Å². The van der Waals surface area contributed by atoms with Gasteiger partial charge in [-0.25, -0.2) is 4.79 Å². The zero-order chi connectivity index (χ0) is 23.5. The molecule has 1 amide bonds. The van der Waals surface area contributed by atoms with Crippen molar-refractivity contribution in [2.75, 3.05) is 13.7 Å². The highest BCUT2D eigenvalue weighted by Crippen LogP contribution is 2.43. The normalized spacial score (nSPS) is 17.7. The summed E-state index contributed by atoms with van der Waals surface area (Å²) in [7, 11) is 1.53. The molecule has 0 fully saturated rings. The predicted octanol–water partition coefficient (Wildman–Crippen LogP) is 4.05. The zero-order valence-corrected chi connectivity index (χ0v) is 18.3. The van der Waals surface area contributed by atoms with Crippen LogP contribution in [0.25, 0.3) is 0 Å². The number of methoxy groups -OCH3 is 1. The molecule has 2 aliphatic rings. The van der Waals surface area contributed by atoms with Crippen molar-refractivity contribution in [3.05, 3.63) is 100 Å². The van der Waals surface area contributed by atoms with Crippen LogP contribution >= 0.6 is 0 Å². The summed E-state index contributed by atoms with van der Waals surface area (Å²) in [5.74, 6) is -1.65. The molecule has 0 saturated heterocycles. The lowest BCUT2D eigenvalue weighted by molar-refractivity contribution is -0.138. The van der Waals surface area contributed by atoms with E-state index in [-0.39, 0.29) is 12.2 Å². The van der Waals surface area contributed by atoms with E-state index in [1.165, 1.54) is 12.0 Å². The first-order valence-corrected chi connectivity index (χ1v) is 10.5. The first-order chi connectivity index (χ1) is 16.0. The number of carbonyl (C=O) groups is 3. The second-order valence-corrected chi connectivity index (χ2v) is 7.53. The maximum Gasteiger partial charge on any atom is 0.337 e. The fourth-order valence-electron chi connectivity index (χ4n) is 4.02. The van der Waals surface area contributed by atoms with Gasteiger partial charge in [-0.1, -0.05) is 36.4 Å². The number of hydrogen-bond acceptors (Lipinski definition) is 6. The highest BCUT2D eigenvalue weighted by atomic mass is 16.5. The van der Waals surface area contributed by atoms with E-state index in [2.05, 4.69) is 0 Å². The second kappa shape index (κ2) is 9.16. The van der Waals surface area contributed by atoms with Crippen LogP contribution in [0.1, 0.15) is 35.3 Å². The molecule has 1 unspecified atom stereocenters. The van der Waals surface area contributed by atoms with Crippen molar-refractivity contribution in [1.29, 1.82) is 0 Å². The van der Waals surface area contributed by atoms with Crippen LogP contribution < -0.4 is 4.74 Å². The summed E-state index contributed by atoms with van der Waals surface area (Å²) in [6, 6.07) is 14.6. The quantitative estimate of drug-likeness (QED) is 0.511. The topological polar surface area (TPSA) is 93.1 Å². The first kappa shape index (κ1) is 22.1.